The van der Waals surface area contributed by atoms with Crippen molar-refractivity contribution in [3.63, 3.8) is 0 Å². The van der Waals surface area contributed by atoms with Crippen molar-refractivity contribution < 1.29 is 14.7 Å². The summed E-state index contributed by atoms with van der Waals surface area (Å²) in [5.41, 5.74) is 0.843. The zero-order valence-electron chi connectivity index (χ0n) is 9.53. The van der Waals surface area contributed by atoms with E-state index in [-0.39, 0.29) is 12.6 Å². The number of carbonyl (C=O) groups is 2. The van der Waals surface area contributed by atoms with Gasteiger partial charge in [-0.1, -0.05) is 12.2 Å². The van der Waals surface area contributed by atoms with Gasteiger partial charge in [0.25, 0.3) is 0 Å². The SMILES string of the molecule is C=C(C)CNC(=O)N(CC(=O)O)CC1CC1. The van der Waals surface area contributed by atoms with Gasteiger partial charge in [0.05, 0.1) is 0 Å². The second kappa shape index (κ2) is 5.53. The van der Waals surface area contributed by atoms with Gasteiger partial charge in [-0.3, -0.25) is 4.79 Å². The molecular formula is C11H18N2O3. The molecule has 0 saturated heterocycles. The monoisotopic (exact) mass is 226 g/mol. The fourth-order valence-corrected chi connectivity index (χ4v) is 1.33. The number of urea groups is 1. The number of hydrogen-bond donors (Lipinski definition) is 2. The molecule has 0 atom stereocenters. The van der Waals surface area contributed by atoms with Crippen LogP contribution in [0.2, 0.25) is 0 Å². The predicted molar refractivity (Wildman–Crippen MR) is 60.1 cm³/mol. The Kier molecular flexibility index (Phi) is 4.34. The molecule has 1 fully saturated rings. The molecule has 16 heavy (non-hydrogen) atoms. The van der Waals surface area contributed by atoms with Crippen molar-refractivity contribution in [1.82, 2.24) is 10.2 Å². The molecule has 0 aliphatic heterocycles. The second-order valence-electron chi connectivity index (χ2n) is 4.33. The smallest absolute Gasteiger partial charge is 0.323 e. The van der Waals surface area contributed by atoms with Crippen LogP contribution in [0.5, 0.6) is 0 Å². The number of aliphatic carboxylic acids is 1. The molecular weight excluding hydrogens is 208 g/mol. The van der Waals surface area contributed by atoms with Crippen LogP contribution in [-0.4, -0.2) is 41.6 Å². The van der Waals surface area contributed by atoms with Gasteiger partial charge in [-0.2, -0.15) is 0 Å². The Hall–Kier alpha value is -1.52. The van der Waals surface area contributed by atoms with Crippen LogP contribution in [0.1, 0.15) is 19.8 Å². The topological polar surface area (TPSA) is 69.6 Å². The Morgan fingerprint density at radius 1 is 1.50 bits per heavy atom. The third kappa shape index (κ3) is 4.82. The highest BCUT2D eigenvalue weighted by atomic mass is 16.4. The maximum atomic E-state index is 11.7. The first-order chi connectivity index (χ1) is 7.49. The van der Waals surface area contributed by atoms with Gasteiger partial charge in [-0.25, -0.2) is 4.79 Å². The van der Waals surface area contributed by atoms with Crippen molar-refractivity contribution in [2.75, 3.05) is 19.6 Å². The first-order valence-electron chi connectivity index (χ1n) is 5.38. The van der Waals surface area contributed by atoms with Gasteiger partial charge in [-0.05, 0) is 25.7 Å². The molecule has 5 heteroatoms. The van der Waals surface area contributed by atoms with Gasteiger partial charge in [0.1, 0.15) is 6.54 Å². The number of carbonyl (C=O) groups excluding carboxylic acids is 1. The minimum Gasteiger partial charge on any atom is -0.480 e. The van der Waals surface area contributed by atoms with Crippen molar-refractivity contribution in [2.24, 2.45) is 5.92 Å². The van der Waals surface area contributed by atoms with Gasteiger partial charge < -0.3 is 15.3 Å². The Bertz CT molecular complexity index is 298. The fraction of sp³-hybridized carbons (Fsp3) is 0.636. The van der Waals surface area contributed by atoms with E-state index in [2.05, 4.69) is 11.9 Å². The molecule has 5 nitrogen and oxygen atoms in total. The van der Waals surface area contributed by atoms with E-state index in [1.54, 1.807) is 0 Å². The molecule has 0 aromatic heterocycles. The summed E-state index contributed by atoms with van der Waals surface area (Å²) in [4.78, 5) is 23.6. The molecule has 0 unspecified atom stereocenters. The fourth-order valence-electron chi connectivity index (χ4n) is 1.33. The van der Waals surface area contributed by atoms with Crippen LogP contribution in [0.15, 0.2) is 12.2 Å². The van der Waals surface area contributed by atoms with Gasteiger partial charge >= 0.3 is 12.0 Å². The summed E-state index contributed by atoms with van der Waals surface area (Å²) in [6.45, 7) is 6.17. The van der Waals surface area contributed by atoms with E-state index in [0.717, 1.165) is 18.4 Å². The van der Waals surface area contributed by atoms with Crippen molar-refractivity contribution >= 4 is 12.0 Å². The summed E-state index contributed by atoms with van der Waals surface area (Å²) in [7, 11) is 0. The molecule has 90 valence electrons. The van der Waals surface area contributed by atoms with Crippen LogP contribution in [0, 0.1) is 5.92 Å². The van der Waals surface area contributed by atoms with E-state index < -0.39 is 5.97 Å². The van der Waals surface area contributed by atoms with E-state index in [1.807, 2.05) is 6.92 Å². The highest BCUT2D eigenvalue weighted by Crippen LogP contribution is 2.29. The molecule has 0 radical (unpaired) electrons. The Labute approximate surface area is 95.1 Å². The first-order valence-corrected chi connectivity index (χ1v) is 5.38. The maximum Gasteiger partial charge on any atom is 0.323 e. The van der Waals surface area contributed by atoms with Crippen LogP contribution in [-0.2, 0) is 4.79 Å². The van der Waals surface area contributed by atoms with E-state index in [1.165, 1.54) is 4.90 Å². The lowest BCUT2D eigenvalue weighted by Gasteiger charge is -2.21. The van der Waals surface area contributed by atoms with E-state index in [9.17, 15) is 9.59 Å². The van der Waals surface area contributed by atoms with Crippen LogP contribution in [0.4, 0.5) is 4.79 Å². The number of nitrogens with one attached hydrogen (secondary N) is 1. The second-order valence-corrected chi connectivity index (χ2v) is 4.33. The quantitative estimate of drug-likeness (QED) is 0.665. The van der Waals surface area contributed by atoms with Gasteiger partial charge in [-0.15, -0.1) is 0 Å². The lowest BCUT2D eigenvalue weighted by molar-refractivity contribution is -0.137. The van der Waals surface area contributed by atoms with E-state index >= 15 is 0 Å². The number of rotatable bonds is 6. The predicted octanol–water partition coefficient (Wildman–Crippen LogP) is 1.07. The minimum atomic E-state index is -0.980. The summed E-state index contributed by atoms with van der Waals surface area (Å²) >= 11 is 0. The highest BCUT2D eigenvalue weighted by Gasteiger charge is 2.27. The average molecular weight is 226 g/mol. The summed E-state index contributed by atoms with van der Waals surface area (Å²) in [6.07, 6.45) is 2.17. The van der Waals surface area contributed by atoms with Gasteiger partial charge in [0.2, 0.25) is 0 Å². The standard InChI is InChI=1S/C11H18N2O3/c1-8(2)5-12-11(16)13(7-10(14)15)6-9-3-4-9/h9H,1,3-7H2,2H3,(H,12,16)(H,14,15). The Balaban J connectivity index is 2.41. The summed E-state index contributed by atoms with van der Waals surface area (Å²) in [5, 5.41) is 11.3. The van der Waals surface area contributed by atoms with Crippen molar-refractivity contribution in [3.8, 4) is 0 Å². The van der Waals surface area contributed by atoms with Crippen LogP contribution in [0.25, 0.3) is 0 Å². The summed E-state index contributed by atoms with van der Waals surface area (Å²) in [6, 6.07) is -0.322. The van der Waals surface area contributed by atoms with E-state index in [0.29, 0.717) is 19.0 Å². The highest BCUT2D eigenvalue weighted by molar-refractivity contribution is 5.80. The van der Waals surface area contributed by atoms with E-state index in [4.69, 9.17) is 5.11 Å². The van der Waals surface area contributed by atoms with Gasteiger partial charge in [0, 0.05) is 13.1 Å². The van der Waals surface area contributed by atoms with Crippen molar-refractivity contribution in [1.29, 1.82) is 0 Å². The summed E-state index contributed by atoms with van der Waals surface area (Å²) in [5.74, 6) is -0.499. The average Bonchev–Trinajstić information content (AvgIpc) is 2.96. The molecule has 0 spiro atoms. The normalized spacial score (nSPS) is 14.3. The van der Waals surface area contributed by atoms with Crippen LogP contribution in [0.3, 0.4) is 0 Å². The number of hydrogen-bond acceptors (Lipinski definition) is 2. The third-order valence-electron chi connectivity index (χ3n) is 2.33. The number of amides is 2. The molecule has 1 aliphatic carbocycles. The first kappa shape index (κ1) is 12.5. The molecule has 0 heterocycles. The Morgan fingerprint density at radius 2 is 2.12 bits per heavy atom. The molecule has 0 bridgehead atoms. The maximum absolute atomic E-state index is 11.7. The lowest BCUT2D eigenvalue weighted by Crippen LogP contribution is -2.44. The summed E-state index contributed by atoms with van der Waals surface area (Å²) < 4.78 is 0. The molecule has 1 rings (SSSR count). The molecule has 0 aromatic rings. The largest absolute Gasteiger partial charge is 0.480 e. The Morgan fingerprint density at radius 3 is 2.56 bits per heavy atom. The molecule has 2 N–H and O–H groups in total. The minimum absolute atomic E-state index is 0.238. The number of nitrogens with zero attached hydrogens (tertiary/aromatic N) is 1. The zero-order valence-corrected chi connectivity index (χ0v) is 9.53. The van der Waals surface area contributed by atoms with Crippen LogP contribution >= 0.6 is 0 Å². The molecule has 0 aromatic carbocycles. The van der Waals surface area contributed by atoms with Crippen LogP contribution < -0.4 is 5.32 Å². The number of carboxylic acids is 1. The molecule has 1 saturated carbocycles. The van der Waals surface area contributed by atoms with Crippen molar-refractivity contribution in [2.45, 2.75) is 19.8 Å². The lowest BCUT2D eigenvalue weighted by atomic mass is 10.3. The molecule has 1 aliphatic rings. The molecule has 2 amide bonds. The zero-order chi connectivity index (χ0) is 12.1. The number of carboxylic acid groups (broad SMARTS) is 1. The van der Waals surface area contributed by atoms with Gasteiger partial charge in [0.15, 0.2) is 0 Å². The van der Waals surface area contributed by atoms with Crippen molar-refractivity contribution in [3.05, 3.63) is 12.2 Å². The third-order valence-corrected chi connectivity index (χ3v) is 2.33.